The predicted octanol–water partition coefficient (Wildman–Crippen LogP) is 4.52. The summed E-state index contributed by atoms with van der Waals surface area (Å²) in [6, 6.07) is 5.31. The third-order valence-corrected chi connectivity index (χ3v) is 5.01. The van der Waals surface area contributed by atoms with Crippen LogP contribution in [0.3, 0.4) is 0 Å². The molecule has 1 aliphatic rings. The summed E-state index contributed by atoms with van der Waals surface area (Å²) < 4.78 is 14.0. The number of hydrogen-bond acceptors (Lipinski definition) is 2. The lowest BCUT2D eigenvalue weighted by Crippen LogP contribution is -2.15. The number of benzene rings is 1. The molecular weight excluding hydrogens is 245 g/mol. The molecule has 0 heterocycles. The van der Waals surface area contributed by atoms with Crippen LogP contribution in [0.25, 0.3) is 0 Å². The van der Waals surface area contributed by atoms with Gasteiger partial charge in [0.1, 0.15) is 5.82 Å². The van der Waals surface area contributed by atoms with Gasteiger partial charge < -0.3 is 5.73 Å². The van der Waals surface area contributed by atoms with E-state index in [1.54, 1.807) is 17.8 Å². The van der Waals surface area contributed by atoms with Crippen molar-refractivity contribution in [2.24, 2.45) is 11.7 Å². The molecule has 3 heteroatoms. The Morgan fingerprint density at radius 1 is 1.39 bits per heavy atom. The fourth-order valence-electron chi connectivity index (χ4n) is 2.56. The summed E-state index contributed by atoms with van der Waals surface area (Å²) in [4.78, 5) is 0.776. The first kappa shape index (κ1) is 13.9. The summed E-state index contributed by atoms with van der Waals surface area (Å²) in [7, 11) is 0. The quantitative estimate of drug-likeness (QED) is 0.871. The topological polar surface area (TPSA) is 26.0 Å². The van der Waals surface area contributed by atoms with Crippen LogP contribution in [-0.4, -0.2) is 5.25 Å². The van der Waals surface area contributed by atoms with Crippen molar-refractivity contribution in [3.8, 4) is 0 Å². The molecular formula is C15H22FNS. The second-order valence-electron chi connectivity index (χ2n) is 5.49. The molecule has 100 valence electrons. The van der Waals surface area contributed by atoms with Gasteiger partial charge in [-0.25, -0.2) is 4.39 Å². The van der Waals surface area contributed by atoms with E-state index in [1.165, 1.54) is 25.7 Å². The summed E-state index contributed by atoms with van der Waals surface area (Å²) in [5, 5.41) is 0.574. The Morgan fingerprint density at radius 3 is 2.78 bits per heavy atom. The maximum absolute atomic E-state index is 14.0. The van der Waals surface area contributed by atoms with E-state index in [2.05, 4.69) is 6.92 Å². The maximum atomic E-state index is 14.0. The highest BCUT2D eigenvalue weighted by atomic mass is 32.2. The first-order valence-electron chi connectivity index (χ1n) is 6.78. The van der Waals surface area contributed by atoms with Gasteiger partial charge in [0, 0.05) is 16.2 Å². The van der Waals surface area contributed by atoms with Gasteiger partial charge in [0.25, 0.3) is 0 Å². The summed E-state index contributed by atoms with van der Waals surface area (Å²) in [6.07, 6.45) is 5.02. The van der Waals surface area contributed by atoms with Crippen molar-refractivity contribution < 1.29 is 4.39 Å². The zero-order chi connectivity index (χ0) is 13.1. The molecule has 2 N–H and O–H groups in total. The molecule has 1 saturated carbocycles. The summed E-state index contributed by atoms with van der Waals surface area (Å²) in [6.45, 7) is 4.17. The molecule has 0 bridgehead atoms. The van der Waals surface area contributed by atoms with Crippen LogP contribution >= 0.6 is 11.8 Å². The number of hydrogen-bond donors (Lipinski definition) is 1. The first-order chi connectivity index (χ1) is 8.56. The highest BCUT2D eigenvalue weighted by Crippen LogP contribution is 2.37. The zero-order valence-electron chi connectivity index (χ0n) is 11.2. The lowest BCUT2D eigenvalue weighted by Gasteiger charge is -2.26. The first-order valence-corrected chi connectivity index (χ1v) is 7.66. The van der Waals surface area contributed by atoms with Crippen molar-refractivity contribution in [2.45, 2.75) is 55.7 Å². The van der Waals surface area contributed by atoms with E-state index >= 15 is 0 Å². The fraction of sp³-hybridized carbons (Fsp3) is 0.600. The molecule has 0 saturated heterocycles. The molecule has 0 spiro atoms. The van der Waals surface area contributed by atoms with Crippen molar-refractivity contribution >= 4 is 11.8 Å². The van der Waals surface area contributed by atoms with Crippen molar-refractivity contribution in [1.82, 2.24) is 0 Å². The Morgan fingerprint density at radius 2 is 2.17 bits per heavy atom. The van der Waals surface area contributed by atoms with Gasteiger partial charge in [-0.1, -0.05) is 25.8 Å². The van der Waals surface area contributed by atoms with Gasteiger partial charge in [0.15, 0.2) is 0 Å². The summed E-state index contributed by atoms with van der Waals surface area (Å²) in [5.41, 5.74) is 6.63. The lowest BCUT2D eigenvalue weighted by molar-refractivity contribution is 0.394. The van der Waals surface area contributed by atoms with Crippen molar-refractivity contribution in [3.05, 3.63) is 29.6 Å². The highest BCUT2D eigenvalue weighted by molar-refractivity contribution is 8.00. The average molecular weight is 267 g/mol. The van der Waals surface area contributed by atoms with Crippen LogP contribution in [0.5, 0.6) is 0 Å². The van der Waals surface area contributed by atoms with Crippen LogP contribution < -0.4 is 5.73 Å². The minimum Gasteiger partial charge on any atom is -0.324 e. The van der Waals surface area contributed by atoms with Crippen LogP contribution in [-0.2, 0) is 0 Å². The molecule has 1 aromatic rings. The molecule has 1 nitrogen and oxygen atoms in total. The molecule has 1 aliphatic carbocycles. The summed E-state index contributed by atoms with van der Waals surface area (Å²) in [5.74, 6) is 0.663. The Labute approximate surface area is 113 Å². The lowest BCUT2D eigenvalue weighted by atomic mass is 9.91. The molecule has 3 atom stereocenters. The predicted molar refractivity (Wildman–Crippen MR) is 76.3 cm³/mol. The van der Waals surface area contributed by atoms with E-state index in [1.807, 2.05) is 19.1 Å². The van der Waals surface area contributed by atoms with Gasteiger partial charge in [-0.05, 0) is 43.4 Å². The number of thioether (sulfide) groups is 1. The molecule has 2 rings (SSSR count). The van der Waals surface area contributed by atoms with Crippen molar-refractivity contribution in [2.75, 3.05) is 0 Å². The Hall–Kier alpha value is -0.540. The second-order valence-corrected chi connectivity index (χ2v) is 6.83. The number of halogens is 1. The molecule has 1 aromatic carbocycles. The Kier molecular flexibility index (Phi) is 4.68. The molecule has 18 heavy (non-hydrogen) atoms. The van der Waals surface area contributed by atoms with Gasteiger partial charge in [-0.3, -0.25) is 0 Å². The van der Waals surface area contributed by atoms with Gasteiger partial charge in [0.05, 0.1) is 0 Å². The van der Waals surface area contributed by atoms with E-state index in [-0.39, 0.29) is 11.9 Å². The van der Waals surface area contributed by atoms with Gasteiger partial charge in [-0.2, -0.15) is 0 Å². The minimum absolute atomic E-state index is 0.103. The van der Waals surface area contributed by atoms with Crippen LogP contribution in [0.4, 0.5) is 4.39 Å². The van der Waals surface area contributed by atoms with E-state index in [0.29, 0.717) is 5.25 Å². The molecule has 0 radical (unpaired) electrons. The van der Waals surface area contributed by atoms with Crippen LogP contribution in [0.15, 0.2) is 23.1 Å². The number of nitrogens with two attached hydrogens (primary N) is 1. The SMILES string of the molecule is CC1CCCC(Sc2ccc([C@@H](C)N)cc2F)C1. The minimum atomic E-state index is -0.118. The Balaban J connectivity index is 2.05. The van der Waals surface area contributed by atoms with Gasteiger partial charge >= 0.3 is 0 Å². The molecule has 0 aliphatic heterocycles. The standard InChI is InChI=1S/C15H22FNS/c1-10-4-3-5-13(8-10)18-15-7-6-12(11(2)17)9-14(15)16/h6-7,9-11,13H,3-5,8,17H2,1-2H3/t10?,11-,13?/m1/s1. The highest BCUT2D eigenvalue weighted by Gasteiger charge is 2.21. The zero-order valence-corrected chi connectivity index (χ0v) is 12.0. The average Bonchev–Trinajstić information content (AvgIpc) is 2.31. The van der Waals surface area contributed by atoms with E-state index < -0.39 is 0 Å². The van der Waals surface area contributed by atoms with Crippen molar-refractivity contribution in [1.29, 1.82) is 0 Å². The fourth-order valence-corrected chi connectivity index (χ4v) is 3.95. The van der Waals surface area contributed by atoms with Gasteiger partial charge in [-0.15, -0.1) is 11.8 Å². The largest absolute Gasteiger partial charge is 0.324 e. The van der Waals surface area contributed by atoms with E-state index in [0.717, 1.165) is 16.4 Å². The van der Waals surface area contributed by atoms with Crippen LogP contribution in [0.2, 0.25) is 0 Å². The molecule has 1 fully saturated rings. The van der Waals surface area contributed by atoms with Crippen molar-refractivity contribution in [3.63, 3.8) is 0 Å². The third kappa shape index (κ3) is 3.48. The van der Waals surface area contributed by atoms with Crippen LogP contribution in [0.1, 0.15) is 51.1 Å². The number of rotatable bonds is 3. The third-order valence-electron chi connectivity index (χ3n) is 3.66. The van der Waals surface area contributed by atoms with E-state index in [4.69, 9.17) is 5.73 Å². The maximum Gasteiger partial charge on any atom is 0.137 e. The smallest absolute Gasteiger partial charge is 0.137 e. The molecule has 0 amide bonds. The van der Waals surface area contributed by atoms with Crippen LogP contribution in [0, 0.1) is 11.7 Å². The molecule has 0 aromatic heterocycles. The molecule has 2 unspecified atom stereocenters. The van der Waals surface area contributed by atoms with E-state index in [9.17, 15) is 4.39 Å². The summed E-state index contributed by atoms with van der Waals surface area (Å²) >= 11 is 1.70. The Bertz CT molecular complexity index is 405. The van der Waals surface area contributed by atoms with Gasteiger partial charge in [0.2, 0.25) is 0 Å². The normalized spacial score (nSPS) is 26.0. The monoisotopic (exact) mass is 267 g/mol. The second kappa shape index (κ2) is 6.07.